The summed E-state index contributed by atoms with van der Waals surface area (Å²) in [6.07, 6.45) is 0. The quantitative estimate of drug-likeness (QED) is 0.146. The van der Waals surface area contributed by atoms with E-state index in [-0.39, 0.29) is 5.91 Å². The topological polar surface area (TPSA) is 51.2 Å². The van der Waals surface area contributed by atoms with Crippen LogP contribution < -0.4 is 20.0 Å². The minimum absolute atomic E-state index is 0.0648. The van der Waals surface area contributed by atoms with Crippen molar-refractivity contribution < 1.29 is 4.79 Å². The van der Waals surface area contributed by atoms with E-state index in [9.17, 15) is 4.79 Å². The molecule has 0 aromatic heterocycles. The number of fused-ring (bicyclic) bond motifs is 1. The van der Waals surface area contributed by atoms with Gasteiger partial charge >= 0.3 is 0 Å². The van der Waals surface area contributed by atoms with Gasteiger partial charge in [-0.2, -0.15) is 0 Å². The summed E-state index contributed by atoms with van der Waals surface area (Å²) in [6.45, 7) is 22.2. The number of thioether (sulfide) groups is 1. The fourth-order valence-electron chi connectivity index (χ4n) is 7.19. The molecule has 0 aliphatic carbocycles. The van der Waals surface area contributed by atoms with E-state index in [0.717, 1.165) is 77.0 Å². The zero-order valence-electron chi connectivity index (χ0n) is 33.4. The number of aliphatic imine (C=N–C) groups is 1. The number of carbonyl (C=O) groups excluding carboxylic acids is 1. The summed E-state index contributed by atoms with van der Waals surface area (Å²) in [5.74, 6) is -0.0648. The van der Waals surface area contributed by atoms with Crippen molar-refractivity contribution >= 4 is 57.0 Å². The van der Waals surface area contributed by atoms with Crippen LogP contribution in [0.2, 0.25) is 0 Å². The number of rotatable bonds is 11. The van der Waals surface area contributed by atoms with Crippen molar-refractivity contribution in [3.8, 4) is 0 Å². The van der Waals surface area contributed by atoms with Crippen LogP contribution in [0.15, 0.2) is 120 Å². The zero-order valence-corrected chi connectivity index (χ0v) is 34.2. The first-order valence-electron chi connectivity index (χ1n) is 19.3. The van der Waals surface area contributed by atoms with E-state index >= 15 is 0 Å². The van der Waals surface area contributed by atoms with Gasteiger partial charge in [0.1, 0.15) is 4.75 Å². The van der Waals surface area contributed by atoms with Gasteiger partial charge in [-0.1, -0.05) is 98.3 Å². The fourth-order valence-corrected chi connectivity index (χ4v) is 8.56. The lowest BCUT2D eigenvalue weighted by atomic mass is 9.82. The fraction of sp³-hybridized carbons (Fsp3) is 0.319. The number of benzene rings is 5. The minimum atomic E-state index is -0.710. The Hall–Kier alpha value is -5.01. The van der Waals surface area contributed by atoms with Crippen molar-refractivity contribution in [2.24, 2.45) is 10.4 Å². The molecule has 5 aromatic rings. The molecule has 5 aromatic carbocycles. The molecule has 0 bridgehead atoms. The predicted molar refractivity (Wildman–Crippen MR) is 233 cm³/mol. The summed E-state index contributed by atoms with van der Waals surface area (Å²) >= 11 is 1.61. The summed E-state index contributed by atoms with van der Waals surface area (Å²) in [5, 5.41) is 3.84. The molecule has 0 saturated heterocycles. The van der Waals surface area contributed by atoms with E-state index in [1.54, 1.807) is 11.8 Å². The number of amidine groups is 1. The van der Waals surface area contributed by atoms with E-state index in [1.165, 1.54) is 11.1 Å². The Kier molecular flexibility index (Phi) is 11.6. The van der Waals surface area contributed by atoms with Gasteiger partial charge in [-0.25, -0.2) is 4.99 Å². The Labute approximate surface area is 327 Å². The van der Waals surface area contributed by atoms with Gasteiger partial charge in [-0.3, -0.25) is 4.79 Å². The van der Waals surface area contributed by atoms with Gasteiger partial charge in [0.05, 0.1) is 5.69 Å². The van der Waals surface area contributed by atoms with Crippen LogP contribution in [0.4, 0.5) is 34.1 Å². The molecular formula is C47H55N5OS. The first-order chi connectivity index (χ1) is 25.9. The van der Waals surface area contributed by atoms with Crippen molar-refractivity contribution in [1.82, 2.24) is 5.32 Å². The van der Waals surface area contributed by atoms with Crippen LogP contribution in [0.25, 0.3) is 0 Å². The third kappa shape index (κ3) is 7.78. The largest absolute Gasteiger partial charge is 0.372 e. The lowest BCUT2D eigenvalue weighted by Crippen LogP contribution is -2.41. The molecule has 0 saturated carbocycles. The number of nitrogens with one attached hydrogen (secondary N) is 1. The number of anilines is 5. The lowest BCUT2D eigenvalue weighted by Gasteiger charge is -2.40. The SMILES string of the molecule is CCN(CC)c1ccc2c(c1)N=C(NC(=O)C(C)(C)C)SC2(c1ccc(N(CC)c2ccc(C)cc2)cc1)c1ccc(N(CC)c2ccc(C)cc2)cc1. The number of carbonyl (C=O) groups is 1. The van der Waals surface area contributed by atoms with Crippen molar-refractivity contribution in [3.05, 3.63) is 143 Å². The number of amides is 1. The van der Waals surface area contributed by atoms with Crippen molar-refractivity contribution in [2.45, 2.75) is 67.1 Å². The second-order valence-corrected chi connectivity index (χ2v) is 16.2. The second-order valence-electron chi connectivity index (χ2n) is 15.0. The average Bonchev–Trinajstić information content (AvgIpc) is 3.17. The number of hydrogen-bond donors (Lipinski definition) is 1. The molecule has 0 radical (unpaired) electrons. The Morgan fingerprint density at radius 1 is 0.611 bits per heavy atom. The Balaban J connectivity index is 1.54. The molecule has 1 N–H and O–H groups in total. The third-order valence-corrected chi connectivity index (χ3v) is 11.7. The number of aryl methyl sites for hydroxylation is 2. The second kappa shape index (κ2) is 16.2. The smallest absolute Gasteiger partial charge is 0.231 e. The first-order valence-corrected chi connectivity index (χ1v) is 20.1. The van der Waals surface area contributed by atoms with Crippen LogP contribution in [-0.2, 0) is 9.54 Å². The number of hydrogen-bond acceptors (Lipinski definition) is 6. The van der Waals surface area contributed by atoms with E-state index in [4.69, 9.17) is 4.99 Å². The Morgan fingerprint density at radius 3 is 1.41 bits per heavy atom. The maximum absolute atomic E-state index is 13.6. The predicted octanol–water partition coefficient (Wildman–Crippen LogP) is 11.7. The molecule has 6 rings (SSSR count). The van der Waals surface area contributed by atoms with E-state index in [1.807, 2.05) is 20.8 Å². The molecule has 1 aliphatic heterocycles. The minimum Gasteiger partial charge on any atom is -0.372 e. The monoisotopic (exact) mass is 737 g/mol. The van der Waals surface area contributed by atoms with Crippen molar-refractivity contribution in [3.63, 3.8) is 0 Å². The van der Waals surface area contributed by atoms with Gasteiger partial charge in [0.15, 0.2) is 5.17 Å². The van der Waals surface area contributed by atoms with Crippen LogP contribution in [0.1, 0.15) is 76.3 Å². The van der Waals surface area contributed by atoms with Gasteiger partial charge in [-0.05, 0) is 113 Å². The van der Waals surface area contributed by atoms with Gasteiger partial charge in [0.25, 0.3) is 0 Å². The summed E-state index contributed by atoms with van der Waals surface area (Å²) in [7, 11) is 0. The molecule has 0 unspecified atom stereocenters. The zero-order chi connectivity index (χ0) is 38.6. The molecule has 6 nitrogen and oxygen atoms in total. The molecule has 7 heteroatoms. The summed E-state index contributed by atoms with van der Waals surface area (Å²) in [5.41, 5.74) is 11.8. The molecule has 1 heterocycles. The van der Waals surface area contributed by atoms with Gasteiger partial charge in [0, 0.05) is 65.6 Å². The highest BCUT2D eigenvalue weighted by Gasteiger charge is 2.44. The van der Waals surface area contributed by atoms with E-state index in [0.29, 0.717) is 5.17 Å². The normalized spacial score (nSPS) is 13.5. The maximum atomic E-state index is 13.6. The van der Waals surface area contributed by atoms with Crippen LogP contribution in [0.5, 0.6) is 0 Å². The molecule has 54 heavy (non-hydrogen) atoms. The Bertz CT molecular complexity index is 1980. The number of nitrogens with zero attached hydrogens (tertiary/aromatic N) is 4. The highest BCUT2D eigenvalue weighted by Crippen LogP contribution is 2.55. The highest BCUT2D eigenvalue weighted by molar-refractivity contribution is 8.15. The standard InChI is InChI=1S/C47H55N5OS/c1-10-50(11-2)41-30-31-42-43(32-41)48-45(49-44(53)46(7,8)9)54-47(42,35-18-26-39(27-19-35)51(12-3)37-22-14-33(5)15-23-37)36-20-28-40(29-21-36)52(13-4)38-24-16-34(6)17-25-38/h14-32H,10-13H2,1-9H3,(H,48,49,53). The molecule has 1 aliphatic rings. The van der Waals surface area contributed by atoms with Gasteiger partial charge in [-0.15, -0.1) is 0 Å². The summed E-state index contributed by atoms with van der Waals surface area (Å²) in [6, 6.07) is 42.0. The van der Waals surface area contributed by atoms with Crippen LogP contribution in [-0.4, -0.2) is 37.3 Å². The summed E-state index contributed by atoms with van der Waals surface area (Å²) < 4.78 is -0.710. The third-order valence-electron chi connectivity index (χ3n) is 10.4. The molecule has 0 spiro atoms. The maximum Gasteiger partial charge on any atom is 0.231 e. The van der Waals surface area contributed by atoms with Gasteiger partial charge in [0.2, 0.25) is 5.91 Å². The van der Waals surface area contributed by atoms with Gasteiger partial charge < -0.3 is 20.0 Å². The summed E-state index contributed by atoms with van der Waals surface area (Å²) in [4.78, 5) is 25.8. The first kappa shape index (κ1) is 38.7. The molecule has 0 fully saturated rings. The van der Waals surface area contributed by atoms with Crippen molar-refractivity contribution in [1.29, 1.82) is 0 Å². The molecule has 1 amide bonds. The average molecular weight is 738 g/mol. The molecular weight excluding hydrogens is 683 g/mol. The highest BCUT2D eigenvalue weighted by atomic mass is 32.2. The van der Waals surface area contributed by atoms with Crippen LogP contribution in [0, 0.1) is 19.3 Å². The van der Waals surface area contributed by atoms with Crippen LogP contribution in [0.3, 0.4) is 0 Å². The van der Waals surface area contributed by atoms with Crippen LogP contribution >= 0.6 is 11.8 Å². The van der Waals surface area contributed by atoms with E-state index in [2.05, 4.69) is 177 Å². The molecule has 280 valence electrons. The van der Waals surface area contributed by atoms with E-state index < -0.39 is 10.2 Å². The van der Waals surface area contributed by atoms with Crippen molar-refractivity contribution in [2.75, 3.05) is 40.9 Å². The Morgan fingerprint density at radius 2 is 1.02 bits per heavy atom. The lowest BCUT2D eigenvalue weighted by molar-refractivity contribution is -0.126. The molecule has 0 atom stereocenters.